The van der Waals surface area contributed by atoms with Crippen molar-refractivity contribution in [3.8, 4) is 5.69 Å². The lowest BCUT2D eigenvalue weighted by Crippen LogP contribution is -2.33. The second kappa shape index (κ2) is 10.6. The fourth-order valence-corrected chi connectivity index (χ4v) is 5.40. The molecular weight excluding hydrogens is 486 g/mol. The summed E-state index contributed by atoms with van der Waals surface area (Å²) in [5, 5.41) is 0.345. The summed E-state index contributed by atoms with van der Waals surface area (Å²) >= 11 is 1.19. The number of hydrogen-bond donors (Lipinski definition) is 0. The molecule has 0 saturated carbocycles. The summed E-state index contributed by atoms with van der Waals surface area (Å²) in [6.45, 7) is 11.4. The van der Waals surface area contributed by atoms with Crippen molar-refractivity contribution in [1.29, 1.82) is 0 Å². The highest BCUT2D eigenvalue weighted by atomic mass is 32.2. The Hall–Kier alpha value is -3.91. The zero-order valence-electron chi connectivity index (χ0n) is 21.8. The van der Waals surface area contributed by atoms with E-state index in [4.69, 9.17) is 4.74 Å². The number of carbonyl (C=O) groups excluding carboxylic acids is 3. The Morgan fingerprint density at radius 2 is 1.65 bits per heavy atom. The van der Waals surface area contributed by atoms with Crippen LogP contribution in [0.4, 0.5) is 5.69 Å². The van der Waals surface area contributed by atoms with Gasteiger partial charge in [0.1, 0.15) is 0 Å². The summed E-state index contributed by atoms with van der Waals surface area (Å²) < 4.78 is 7.12. The number of aliphatic imine (C=N–C) groups is 1. The minimum absolute atomic E-state index is 0.323. The zero-order chi connectivity index (χ0) is 26.9. The average molecular weight is 516 g/mol. The minimum atomic E-state index is -0.385. The number of benzene rings is 2. The zero-order valence-corrected chi connectivity index (χ0v) is 22.6. The molecule has 190 valence electrons. The number of rotatable bonds is 5. The number of nitrogens with zero attached hydrogens (tertiary/aromatic N) is 3. The topological polar surface area (TPSA) is 81.0 Å². The Bertz CT molecular complexity index is 1440. The number of esters is 1. The summed E-state index contributed by atoms with van der Waals surface area (Å²) in [6, 6.07) is 15.1. The van der Waals surface area contributed by atoms with E-state index in [9.17, 15) is 14.4 Å². The van der Waals surface area contributed by atoms with Gasteiger partial charge >= 0.3 is 5.97 Å². The number of carbonyl (C=O) groups is 3. The van der Waals surface area contributed by atoms with Gasteiger partial charge in [0.2, 0.25) is 5.91 Å². The van der Waals surface area contributed by atoms with E-state index in [-0.39, 0.29) is 17.8 Å². The Kier molecular flexibility index (Phi) is 7.50. The van der Waals surface area contributed by atoms with Crippen LogP contribution in [0.3, 0.4) is 0 Å². The van der Waals surface area contributed by atoms with Gasteiger partial charge in [0.05, 0.1) is 22.8 Å². The van der Waals surface area contributed by atoms with Crippen molar-refractivity contribution < 1.29 is 19.1 Å². The number of amides is 2. The number of thioether (sulfide) groups is 1. The molecule has 0 unspecified atom stereocenters. The Labute approximate surface area is 220 Å². The molecule has 7 nitrogen and oxygen atoms in total. The monoisotopic (exact) mass is 515 g/mol. The van der Waals surface area contributed by atoms with Crippen LogP contribution in [0.15, 0.2) is 58.4 Å². The van der Waals surface area contributed by atoms with Crippen LogP contribution in [-0.2, 0) is 14.3 Å². The van der Waals surface area contributed by atoms with Crippen LogP contribution >= 0.6 is 11.8 Å². The van der Waals surface area contributed by atoms with E-state index < -0.39 is 0 Å². The molecule has 1 saturated heterocycles. The fraction of sp³-hybridized carbons (Fsp3) is 0.241. The van der Waals surface area contributed by atoms with Gasteiger partial charge in [0, 0.05) is 24.0 Å². The first-order valence-electron chi connectivity index (χ1n) is 12.0. The van der Waals surface area contributed by atoms with Crippen LogP contribution in [0.25, 0.3) is 11.8 Å². The second-order valence-electron chi connectivity index (χ2n) is 8.94. The Morgan fingerprint density at radius 1 is 1.00 bits per heavy atom. The van der Waals surface area contributed by atoms with Gasteiger partial charge in [-0.2, -0.15) is 0 Å². The molecule has 1 aliphatic rings. The van der Waals surface area contributed by atoms with Crippen LogP contribution in [0.1, 0.15) is 52.3 Å². The van der Waals surface area contributed by atoms with E-state index in [0.717, 1.165) is 38.7 Å². The predicted octanol–water partition coefficient (Wildman–Crippen LogP) is 6.04. The van der Waals surface area contributed by atoms with Crippen LogP contribution in [0.2, 0.25) is 0 Å². The molecule has 0 N–H and O–H groups in total. The van der Waals surface area contributed by atoms with Gasteiger partial charge in [-0.1, -0.05) is 6.07 Å². The molecule has 2 amide bonds. The van der Waals surface area contributed by atoms with E-state index in [1.54, 1.807) is 25.1 Å². The van der Waals surface area contributed by atoms with E-state index in [1.807, 2.05) is 64.1 Å². The Morgan fingerprint density at radius 3 is 2.24 bits per heavy atom. The van der Waals surface area contributed by atoms with Gasteiger partial charge in [-0.15, -0.1) is 0 Å². The molecule has 2 aromatic carbocycles. The van der Waals surface area contributed by atoms with Crippen molar-refractivity contribution in [3.63, 3.8) is 0 Å². The number of aromatic nitrogens is 1. The first-order chi connectivity index (χ1) is 17.6. The van der Waals surface area contributed by atoms with Gasteiger partial charge in [-0.05, 0) is 112 Å². The number of aryl methyl sites for hydroxylation is 3. The first-order valence-corrected chi connectivity index (χ1v) is 12.8. The third kappa shape index (κ3) is 5.44. The summed E-state index contributed by atoms with van der Waals surface area (Å²) in [5.74, 6) is -1.12. The molecule has 0 bridgehead atoms. The molecule has 4 rings (SSSR count). The molecule has 8 heteroatoms. The molecule has 1 fully saturated rings. The van der Waals surface area contributed by atoms with E-state index in [0.29, 0.717) is 27.9 Å². The minimum Gasteiger partial charge on any atom is -0.462 e. The average Bonchev–Trinajstić information content (AvgIpc) is 3.28. The molecule has 2 heterocycles. The van der Waals surface area contributed by atoms with Crippen LogP contribution < -0.4 is 0 Å². The standard InChI is InChI=1S/C29H29N3O4S/c1-7-36-28(35)22-8-10-25(11-9-22)31-19(4)15-23(20(31)5)16-26-27(34)32(21(6)33)29(37-26)30-24-13-17(2)12-18(3)14-24/h8-16H,7H2,1-6H3. The molecule has 0 spiro atoms. The molecule has 3 aromatic rings. The van der Waals surface area contributed by atoms with Crippen LogP contribution in [0, 0.1) is 27.7 Å². The molecule has 37 heavy (non-hydrogen) atoms. The van der Waals surface area contributed by atoms with Crippen molar-refractivity contribution in [3.05, 3.63) is 87.1 Å². The van der Waals surface area contributed by atoms with E-state index >= 15 is 0 Å². The smallest absolute Gasteiger partial charge is 0.338 e. The number of ether oxygens (including phenoxy) is 1. The van der Waals surface area contributed by atoms with Crippen molar-refractivity contribution >= 4 is 46.5 Å². The predicted molar refractivity (Wildman–Crippen MR) is 147 cm³/mol. The van der Waals surface area contributed by atoms with Crippen LogP contribution in [0.5, 0.6) is 0 Å². The second-order valence-corrected chi connectivity index (χ2v) is 9.95. The first kappa shape index (κ1) is 26.2. The Balaban J connectivity index is 1.68. The summed E-state index contributed by atoms with van der Waals surface area (Å²) in [7, 11) is 0. The highest BCUT2D eigenvalue weighted by molar-refractivity contribution is 8.18. The summed E-state index contributed by atoms with van der Waals surface area (Å²) in [6.07, 6.45) is 1.80. The third-order valence-corrected chi connectivity index (χ3v) is 6.91. The van der Waals surface area contributed by atoms with Gasteiger partial charge in [0.25, 0.3) is 5.91 Å². The van der Waals surface area contributed by atoms with Gasteiger partial charge < -0.3 is 9.30 Å². The maximum Gasteiger partial charge on any atom is 0.338 e. The summed E-state index contributed by atoms with van der Waals surface area (Å²) in [5.41, 5.74) is 6.95. The molecule has 0 aliphatic carbocycles. The van der Waals surface area contributed by atoms with Gasteiger partial charge in [-0.25, -0.2) is 14.7 Å². The van der Waals surface area contributed by atoms with Gasteiger partial charge in [-0.3, -0.25) is 9.59 Å². The normalized spacial score (nSPS) is 15.6. The summed E-state index contributed by atoms with van der Waals surface area (Å²) in [4.78, 5) is 43.7. The van der Waals surface area contributed by atoms with Gasteiger partial charge in [0.15, 0.2) is 5.17 Å². The SMILES string of the molecule is CCOC(=O)c1ccc(-n2c(C)cc(C=C3SC(=Nc4cc(C)cc(C)c4)N(C(C)=O)C3=O)c2C)cc1. The van der Waals surface area contributed by atoms with Crippen molar-refractivity contribution in [2.75, 3.05) is 6.61 Å². The molecule has 1 aromatic heterocycles. The number of imide groups is 1. The molecular formula is C29H29N3O4S. The highest BCUT2D eigenvalue weighted by Gasteiger charge is 2.36. The maximum atomic E-state index is 13.2. The quantitative estimate of drug-likeness (QED) is 0.306. The van der Waals surface area contributed by atoms with Crippen molar-refractivity contribution in [2.24, 2.45) is 4.99 Å². The van der Waals surface area contributed by atoms with Crippen LogP contribution in [-0.4, -0.2) is 39.0 Å². The highest BCUT2D eigenvalue weighted by Crippen LogP contribution is 2.36. The fourth-order valence-electron chi connectivity index (χ4n) is 4.39. The number of amidine groups is 1. The van der Waals surface area contributed by atoms with E-state index in [1.165, 1.54) is 18.7 Å². The lowest BCUT2D eigenvalue weighted by Gasteiger charge is -2.11. The van der Waals surface area contributed by atoms with Crippen molar-refractivity contribution in [1.82, 2.24) is 9.47 Å². The molecule has 0 radical (unpaired) electrons. The largest absolute Gasteiger partial charge is 0.462 e. The third-order valence-electron chi connectivity index (χ3n) is 5.95. The molecule has 1 aliphatic heterocycles. The molecule has 0 atom stereocenters. The van der Waals surface area contributed by atoms with Crippen molar-refractivity contribution in [2.45, 2.75) is 41.5 Å². The lowest BCUT2D eigenvalue weighted by molar-refractivity contribution is -0.135. The number of hydrogen-bond acceptors (Lipinski definition) is 6. The lowest BCUT2D eigenvalue weighted by atomic mass is 10.1. The van der Waals surface area contributed by atoms with E-state index in [2.05, 4.69) is 9.56 Å². The maximum absolute atomic E-state index is 13.2.